The number of hydrogen-bond donors (Lipinski definition) is 1. The first kappa shape index (κ1) is 13.1. The minimum absolute atomic E-state index is 0.0933. The van der Waals surface area contributed by atoms with Gasteiger partial charge in [-0.25, -0.2) is 0 Å². The Bertz CT molecular complexity index is 585. The van der Waals surface area contributed by atoms with Crippen LogP contribution >= 0.6 is 27.5 Å². The number of nitriles is 3. The minimum Gasteiger partial charge on any atom is -0.345 e. The van der Waals surface area contributed by atoms with E-state index in [4.69, 9.17) is 27.4 Å². The minimum atomic E-state index is -0.265. The molecule has 0 heterocycles. The van der Waals surface area contributed by atoms with Crippen molar-refractivity contribution in [2.24, 2.45) is 0 Å². The zero-order valence-corrected chi connectivity index (χ0v) is 10.7. The maximum atomic E-state index is 8.83. The molecule has 0 saturated heterocycles. The van der Waals surface area contributed by atoms with E-state index in [-0.39, 0.29) is 11.3 Å². The van der Waals surface area contributed by atoms with Crippen LogP contribution in [0.1, 0.15) is 0 Å². The fraction of sp³-hybridized carbons (Fsp3) is 0. The molecule has 1 N–H and O–H groups in total. The summed E-state index contributed by atoms with van der Waals surface area (Å²) in [6.07, 6.45) is 0. The Labute approximate surface area is 111 Å². The average Bonchev–Trinajstić information content (AvgIpc) is 2.33. The van der Waals surface area contributed by atoms with E-state index < -0.39 is 0 Å². The van der Waals surface area contributed by atoms with Crippen LogP contribution in [-0.2, 0) is 0 Å². The van der Waals surface area contributed by atoms with Crippen molar-refractivity contribution in [2.45, 2.75) is 0 Å². The van der Waals surface area contributed by atoms with Gasteiger partial charge in [-0.2, -0.15) is 15.8 Å². The predicted octanol–water partition coefficient (Wildman–Crippen LogP) is 3.34. The lowest BCUT2D eigenvalue weighted by Crippen LogP contribution is -2.00. The Morgan fingerprint density at radius 2 is 1.82 bits per heavy atom. The van der Waals surface area contributed by atoms with Crippen molar-refractivity contribution >= 4 is 33.2 Å². The fourth-order valence-electron chi connectivity index (χ4n) is 1.00. The molecule has 0 aromatic heterocycles. The second kappa shape index (κ2) is 5.92. The van der Waals surface area contributed by atoms with Gasteiger partial charge < -0.3 is 5.32 Å². The molecule has 82 valence electrons. The Balaban J connectivity index is 3.11. The first-order valence-corrected chi connectivity index (χ1v) is 5.46. The van der Waals surface area contributed by atoms with Gasteiger partial charge in [-0.3, -0.25) is 0 Å². The summed E-state index contributed by atoms with van der Waals surface area (Å²) in [7, 11) is 0. The first-order valence-electron chi connectivity index (χ1n) is 4.29. The molecule has 0 aliphatic heterocycles. The summed E-state index contributed by atoms with van der Waals surface area (Å²) in [6, 6.07) is 9.96. The quantitative estimate of drug-likeness (QED) is 0.849. The van der Waals surface area contributed by atoms with Crippen LogP contribution in [0.25, 0.3) is 0 Å². The second-order valence-electron chi connectivity index (χ2n) is 2.84. The predicted molar refractivity (Wildman–Crippen MR) is 66.6 cm³/mol. The van der Waals surface area contributed by atoms with Gasteiger partial charge in [-0.05, 0) is 34.1 Å². The third-order valence-corrected chi connectivity index (χ3v) is 2.99. The van der Waals surface area contributed by atoms with Crippen LogP contribution in [0.15, 0.2) is 33.9 Å². The van der Waals surface area contributed by atoms with Gasteiger partial charge in [0.1, 0.15) is 23.9 Å². The van der Waals surface area contributed by atoms with Gasteiger partial charge >= 0.3 is 0 Å². The topological polar surface area (TPSA) is 83.4 Å². The molecule has 0 saturated carbocycles. The van der Waals surface area contributed by atoms with E-state index in [1.165, 1.54) is 0 Å². The van der Waals surface area contributed by atoms with Gasteiger partial charge in [0.25, 0.3) is 0 Å². The monoisotopic (exact) mass is 306 g/mol. The summed E-state index contributed by atoms with van der Waals surface area (Å²) in [4.78, 5) is 0. The third-order valence-electron chi connectivity index (χ3n) is 1.77. The van der Waals surface area contributed by atoms with E-state index in [0.717, 1.165) is 0 Å². The molecule has 0 atom stereocenters. The van der Waals surface area contributed by atoms with Gasteiger partial charge in [-0.1, -0.05) is 11.6 Å². The van der Waals surface area contributed by atoms with Crippen LogP contribution in [0.5, 0.6) is 0 Å². The lowest BCUT2D eigenvalue weighted by Gasteiger charge is -2.05. The summed E-state index contributed by atoms with van der Waals surface area (Å²) in [6.45, 7) is 0. The van der Waals surface area contributed by atoms with Crippen LogP contribution in [0.3, 0.4) is 0 Å². The highest BCUT2D eigenvalue weighted by Crippen LogP contribution is 2.26. The molecular formula is C11H4BrClN4. The van der Waals surface area contributed by atoms with Gasteiger partial charge in [0.05, 0.1) is 5.02 Å². The van der Waals surface area contributed by atoms with Crippen molar-refractivity contribution < 1.29 is 0 Å². The molecule has 0 aliphatic carbocycles. The van der Waals surface area contributed by atoms with Gasteiger partial charge in [-0.15, -0.1) is 0 Å². The molecule has 0 radical (unpaired) electrons. The van der Waals surface area contributed by atoms with Gasteiger partial charge in [0, 0.05) is 10.2 Å². The molecule has 1 rings (SSSR count). The van der Waals surface area contributed by atoms with E-state index >= 15 is 0 Å². The third kappa shape index (κ3) is 3.23. The SMILES string of the molecule is N#CC(C#N)=C(C#N)Nc1ccc(Cl)c(Br)c1. The van der Waals surface area contributed by atoms with Crippen LogP contribution in [0.4, 0.5) is 5.69 Å². The summed E-state index contributed by atoms with van der Waals surface area (Å²) in [5.74, 6) is 0. The molecule has 6 heteroatoms. The molecule has 1 aromatic carbocycles. The van der Waals surface area contributed by atoms with E-state index in [1.807, 2.05) is 0 Å². The zero-order chi connectivity index (χ0) is 12.8. The van der Waals surface area contributed by atoms with Crippen molar-refractivity contribution in [3.05, 3.63) is 39.0 Å². The lowest BCUT2D eigenvalue weighted by atomic mass is 10.2. The van der Waals surface area contributed by atoms with E-state index in [0.29, 0.717) is 15.2 Å². The van der Waals surface area contributed by atoms with Crippen LogP contribution in [-0.4, -0.2) is 0 Å². The summed E-state index contributed by atoms with van der Waals surface area (Å²) < 4.78 is 0.650. The number of nitrogens with zero attached hydrogens (tertiary/aromatic N) is 3. The van der Waals surface area contributed by atoms with E-state index in [2.05, 4.69) is 21.2 Å². The van der Waals surface area contributed by atoms with Crippen LogP contribution in [0, 0.1) is 34.0 Å². The molecule has 0 amide bonds. The molecule has 4 nitrogen and oxygen atoms in total. The Kier molecular flexibility index (Phi) is 4.55. The number of hydrogen-bond acceptors (Lipinski definition) is 4. The van der Waals surface area contributed by atoms with Crippen molar-refractivity contribution in [3.8, 4) is 18.2 Å². The van der Waals surface area contributed by atoms with E-state index in [1.54, 1.807) is 36.4 Å². The number of benzene rings is 1. The highest BCUT2D eigenvalue weighted by Gasteiger charge is 2.06. The maximum Gasteiger partial charge on any atom is 0.163 e. The van der Waals surface area contributed by atoms with Crippen LogP contribution < -0.4 is 5.32 Å². The maximum absolute atomic E-state index is 8.83. The molecule has 1 aromatic rings. The zero-order valence-electron chi connectivity index (χ0n) is 8.33. The van der Waals surface area contributed by atoms with Crippen LogP contribution in [0.2, 0.25) is 5.02 Å². The van der Waals surface area contributed by atoms with Gasteiger partial charge in [0.15, 0.2) is 5.57 Å². The molecule has 17 heavy (non-hydrogen) atoms. The van der Waals surface area contributed by atoms with Crippen molar-refractivity contribution in [2.75, 3.05) is 5.32 Å². The number of nitrogens with one attached hydrogen (secondary N) is 1. The van der Waals surface area contributed by atoms with Crippen molar-refractivity contribution in [1.29, 1.82) is 15.8 Å². The highest BCUT2D eigenvalue weighted by molar-refractivity contribution is 9.10. The molecule has 0 unspecified atom stereocenters. The Morgan fingerprint density at radius 3 is 2.29 bits per heavy atom. The largest absolute Gasteiger partial charge is 0.345 e. The smallest absolute Gasteiger partial charge is 0.163 e. The molecule has 0 bridgehead atoms. The summed E-state index contributed by atoms with van der Waals surface area (Å²) in [5.41, 5.74) is 0.198. The summed E-state index contributed by atoms with van der Waals surface area (Å²) in [5, 5.41) is 29.3. The molecule has 0 spiro atoms. The highest BCUT2D eigenvalue weighted by atomic mass is 79.9. The number of anilines is 1. The normalized spacial score (nSPS) is 8.41. The van der Waals surface area contributed by atoms with Crippen molar-refractivity contribution in [1.82, 2.24) is 0 Å². The second-order valence-corrected chi connectivity index (χ2v) is 4.10. The number of rotatable bonds is 2. The van der Waals surface area contributed by atoms with E-state index in [9.17, 15) is 0 Å². The number of allylic oxidation sites excluding steroid dienone is 2. The first-order chi connectivity index (χ1) is 8.12. The molecule has 0 fully saturated rings. The number of halogens is 2. The molecular weight excluding hydrogens is 304 g/mol. The van der Waals surface area contributed by atoms with Gasteiger partial charge in [0.2, 0.25) is 0 Å². The van der Waals surface area contributed by atoms with Crippen molar-refractivity contribution in [3.63, 3.8) is 0 Å². The molecule has 0 aliphatic rings. The average molecular weight is 308 g/mol. The lowest BCUT2D eigenvalue weighted by molar-refractivity contribution is 1.37. The summed E-state index contributed by atoms with van der Waals surface area (Å²) >= 11 is 9.04. The Morgan fingerprint density at radius 1 is 1.18 bits per heavy atom. The Hall–Kier alpha value is -2.00. The fourth-order valence-corrected chi connectivity index (χ4v) is 1.50. The standard InChI is InChI=1S/C11H4BrClN4/c12-9-3-8(1-2-10(9)13)17-11(6-16)7(4-14)5-15/h1-3,17H.